The molecule has 0 aliphatic carbocycles. The highest BCUT2D eigenvalue weighted by atomic mass is 35.5. The van der Waals surface area contributed by atoms with Crippen LogP contribution in [0, 0.1) is 11.3 Å². The topological polar surface area (TPSA) is 82.4 Å². The molecule has 0 N–H and O–H groups in total. The summed E-state index contributed by atoms with van der Waals surface area (Å²) in [5.41, 5.74) is 2.89. The molecule has 0 radical (unpaired) electrons. The van der Waals surface area contributed by atoms with Gasteiger partial charge in [0, 0.05) is 5.02 Å². The zero-order chi connectivity index (χ0) is 21.5. The molecular weight excluding hydrogens is 402 g/mol. The number of allylic oxidation sites excluding steroid dienone is 1. The van der Waals surface area contributed by atoms with E-state index in [0.717, 1.165) is 16.7 Å². The lowest BCUT2D eigenvalue weighted by Crippen LogP contribution is -2.22. The molecule has 0 spiro atoms. The van der Waals surface area contributed by atoms with Gasteiger partial charge in [-0.1, -0.05) is 54.1 Å². The summed E-state index contributed by atoms with van der Waals surface area (Å²) in [4.78, 5) is 10.8. The molecule has 0 heterocycles. The van der Waals surface area contributed by atoms with Crippen molar-refractivity contribution in [1.82, 2.24) is 0 Å². The molecule has 0 aliphatic rings. The highest BCUT2D eigenvalue weighted by molar-refractivity contribution is 6.30. The predicted octanol–water partition coefficient (Wildman–Crippen LogP) is 4.36. The van der Waals surface area contributed by atoms with E-state index in [1.165, 1.54) is 19.2 Å². The molecule has 0 aromatic heterocycles. The van der Waals surface area contributed by atoms with E-state index in [1.807, 2.05) is 12.1 Å². The molecule has 0 amide bonds. The zero-order valence-corrected chi connectivity index (χ0v) is 16.8. The number of ether oxygens (including phenoxy) is 2. The largest absolute Gasteiger partial charge is 0.545 e. The SMILES string of the molecule is COc1cc(/C=C(/C#N)c2cccc(Cl)c2)ccc1OCc1ccc(C(=O)[O-])cc1. The third-order valence-corrected chi connectivity index (χ3v) is 4.57. The first-order chi connectivity index (χ1) is 14.5. The fraction of sp³-hybridized carbons (Fsp3) is 0.0833. The second kappa shape index (κ2) is 9.64. The molecule has 5 nitrogen and oxygen atoms in total. The van der Waals surface area contributed by atoms with Crippen molar-refractivity contribution in [2.45, 2.75) is 6.61 Å². The Hall–Kier alpha value is -3.75. The van der Waals surface area contributed by atoms with Gasteiger partial charge in [0.15, 0.2) is 11.5 Å². The lowest BCUT2D eigenvalue weighted by Gasteiger charge is -2.12. The highest BCUT2D eigenvalue weighted by Gasteiger charge is 2.08. The van der Waals surface area contributed by atoms with E-state index < -0.39 is 5.97 Å². The van der Waals surface area contributed by atoms with Gasteiger partial charge in [-0.05, 0) is 52.6 Å². The Morgan fingerprint density at radius 2 is 1.83 bits per heavy atom. The number of methoxy groups -OCH3 is 1. The van der Waals surface area contributed by atoms with E-state index in [1.54, 1.807) is 48.5 Å². The first-order valence-corrected chi connectivity index (χ1v) is 9.37. The smallest absolute Gasteiger partial charge is 0.161 e. The third-order valence-electron chi connectivity index (χ3n) is 4.34. The molecule has 150 valence electrons. The monoisotopic (exact) mass is 418 g/mol. The Morgan fingerprint density at radius 1 is 1.07 bits per heavy atom. The lowest BCUT2D eigenvalue weighted by atomic mass is 10.0. The Kier molecular flexibility index (Phi) is 6.74. The van der Waals surface area contributed by atoms with Crippen LogP contribution in [0.3, 0.4) is 0 Å². The van der Waals surface area contributed by atoms with Gasteiger partial charge in [-0.15, -0.1) is 0 Å². The molecule has 0 aliphatic heterocycles. The lowest BCUT2D eigenvalue weighted by molar-refractivity contribution is -0.255. The van der Waals surface area contributed by atoms with Crippen LogP contribution >= 0.6 is 11.6 Å². The molecule has 0 fully saturated rings. The first kappa shape index (κ1) is 21.0. The van der Waals surface area contributed by atoms with Crippen LogP contribution in [0.4, 0.5) is 0 Å². The number of carbonyl (C=O) groups excluding carboxylic acids is 1. The fourth-order valence-electron chi connectivity index (χ4n) is 2.79. The average molecular weight is 419 g/mol. The minimum absolute atomic E-state index is 0.112. The number of hydrogen-bond acceptors (Lipinski definition) is 5. The Morgan fingerprint density at radius 3 is 2.47 bits per heavy atom. The summed E-state index contributed by atoms with van der Waals surface area (Å²) in [6.07, 6.45) is 1.75. The van der Waals surface area contributed by atoms with Crippen LogP contribution in [0.5, 0.6) is 11.5 Å². The summed E-state index contributed by atoms with van der Waals surface area (Å²) in [6, 6.07) is 20.9. The van der Waals surface area contributed by atoms with Crippen LogP contribution in [0.15, 0.2) is 66.7 Å². The van der Waals surface area contributed by atoms with E-state index in [9.17, 15) is 15.2 Å². The van der Waals surface area contributed by atoms with Crippen LogP contribution in [-0.4, -0.2) is 13.1 Å². The summed E-state index contributed by atoms with van der Waals surface area (Å²) in [5, 5.41) is 20.9. The predicted molar refractivity (Wildman–Crippen MR) is 113 cm³/mol. The number of carbonyl (C=O) groups is 1. The Balaban J connectivity index is 1.79. The van der Waals surface area contributed by atoms with E-state index in [0.29, 0.717) is 22.1 Å². The second-order valence-corrected chi connectivity index (χ2v) is 6.80. The quantitative estimate of drug-likeness (QED) is 0.420. The minimum Gasteiger partial charge on any atom is -0.545 e. The first-order valence-electron chi connectivity index (χ1n) is 8.99. The maximum Gasteiger partial charge on any atom is 0.161 e. The van der Waals surface area contributed by atoms with Crippen molar-refractivity contribution < 1.29 is 19.4 Å². The molecule has 3 aromatic rings. The van der Waals surface area contributed by atoms with Crippen LogP contribution in [0.1, 0.15) is 27.0 Å². The average Bonchev–Trinajstić information content (AvgIpc) is 2.76. The zero-order valence-electron chi connectivity index (χ0n) is 16.1. The maximum atomic E-state index is 10.8. The van der Waals surface area contributed by atoms with Gasteiger partial charge in [0.2, 0.25) is 0 Å². The Labute approximate surface area is 179 Å². The molecule has 0 unspecified atom stereocenters. The van der Waals surface area contributed by atoms with Crippen molar-refractivity contribution >= 4 is 29.2 Å². The van der Waals surface area contributed by atoms with E-state index in [-0.39, 0.29) is 12.2 Å². The highest BCUT2D eigenvalue weighted by Crippen LogP contribution is 2.31. The molecule has 30 heavy (non-hydrogen) atoms. The molecule has 3 aromatic carbocycles. The van der Waals surface area contributed by atoms with Gasteiger partial charge < -0.3 is 19.4 Å². The van der Waals surface area contributed by atoms with Gasteiger partial charge >= 0.3 is 0 Å². The number of aromatic carboxylic acids is 1. The number of nitrogens with zero attached hydrogens (tertiary/aromatic N) is 1. The molecular formula is C24H17ClNO4-. The number of benzene rings is 3. The summed E-state index contributed by atoms with van der Waals surface area (Å²) in [6.45, 7) is 0.241. The summed E-state index contributed by atoms with van der Waals surface area (Å²) < 4.78 is 11.2. The summed E-state index contributed by atoms with van der Waals surface area (Å²) in [5.74, 6) is -0.180. The van der Waals surface area contributed by atoms with Gasteiger partial charge in [-0.2, -0.15) is 5.26 Å². The number of carboxylic acid groups (broad SMARTS) is 1. The van der Waals surface area contributed by atoms with Crippen molar-refractivity contribution in [2.75, 3.05) is 7.11 Å². The second-order valence-electron chi connectivity index (χ2n) is 6.36. The summed E-state index contributed by atoms with van der Waals surface area (Å²) in [7, 11) is 1.53. The normalized spacial score (nSPS) is 10.9. The third kappa shape index (κ3) is 5.19. The maximum absolute atomic E-state index is 10.8. The van der Waals surface area contributed by atoms with Crippen molar-refractivity contribution in [1.29, 1.82) is 5.26 Å². The van der Waals surface area contributed by atoms with E-state index in [2.05, 4.69) is 6.07 Å². The van der Waals surface area contributed by atoms with Gasteiger partial charge in [0.25, 0.3) is 0 Å². The molecule has 3 rings (SSSR count). The number of hydrogen-bond donors (Lipinski definition) is 0. The summed E-state index contributed by atoms with van der Waals surface area (Å²) >= 11 is 6.02. The molecule has 0 saturated carbocycles. The van der Waals surface area contributed by atoms with E-state index in [4.69, 9.17) is 21.1 Å². The van der Waals surface area contributed by atoms with Gasteiger partial charge in [-0.3, -0.25) is 0 Å². The van der Waals surface area contributed by atoms with E-state index >= 15 is 0 Å². The standard InChI is InChI=1S/C24H18ClNO4/c1-29-23-12-17(11-20(14-26)19-3-2-4-21(25)13-19)7-10-22(23)30-15-16-5-8-18(9-6-16)24(27)28/h2-13H,15H2,1H3,(H,27,28)/p-1/b20-11-. The molecule has 0 saturated heterocycles. The van der Waals surface area contributed by atoms with Gasteiger partial charge in [0.1, 0.15) is 6.61 Å². The molecule has 6 heteroatoms. The van der Waals surface area contributed by atoms with Crippen molar-refractivity contribution in [3.05, 3.63) is 94.0 Å². The number of halogens is 1. The fourth-order valence-corrected chi connectivity index (χ4v) is 2.98. The molecule has 0 atom stereocenters. The van der Waals surface area contributed by atoms with Gasteiger partial charge in [0.05, 0.1) is 24.7 Å². The number of nitriles is 1. The van der Waals surface area contributed by atoms with Crippen molar-refractivity contribution in [2.24, 2.45) is 0 Å². The van der Waals surface area contributed by atoms with Gasteiger partial charge in [-0.25, -0.2) is 0 Å². The Bertz CT molecular complexity index is 1130. The number of carboxylic acids is 1. The minimum atomic E-state index is -1.22. The van der Waals surface area contributed by atoms with Crippen LogP contribution in [-0.2, 0) is 6.61 Å². The van der Waals surface area contributed by atoms with Crippen LogP contribution in [0.25, 0.3) is 11.6 Å². The van der Waals surface area contributed by atoms with Crippen LogP contribution < -0.4 is 14.6 Å². The number of rotatable bonds is 7. The van der Waals surface area contributed by atoms with Crippen molar-refractivity contribution in [3.8, 4) is 17.6 Å². The molecule has 0 bridgehead atoms. The van der Waals surface area contributed by atoms with Crippen molar-refractivity contribution in [3.63, 3.8) is 0 Å². The van der Waals surface area contributed by atoms with Crippen LogP contribution in [0.2, 0.25) is 5.02 Å².